The molecular weight excluding hydrogens is 1160 g/mol. The fourth-order valence-electron chi connectivity index (χ4n) is 4.69. The minimum Gasteiger partial charge on any atom is -0.344 e. The van der Waals surface area contributed by atoms with Gasteiger partial charge in [0, 0.05) is 85.2 Å². The van der Waals surface area contributed by atoms with Crippen LogP contribution in [0.5, 0.6) is 0 Å². The van der Waals surface area contributed by atoms with E-state index in [-0.39, 0.29) is 6.15 Å². The van der Waals surface area contributed by atoms with Crippen molar-refractivity contribution in [1.29, 1.82) is 0 Å². The predicted octanol–water partition coefficient (Wildman–Crippen LogP) is 9.16. The van der Waals surface area contributed by atoms with Gasteiger partial charge in [0.05, 0.1) is 71.8 Å². The van der Waals surface area contributed by atoms with Gasteiger partial charge in [0.2, 0.25) is 0 Å². The molecule has 0 spiro atoms. The molecule has 29 heteroatoms. The van der Waals surface area contributed by atoms with Crippen LogP contribution >= 0.6 is 0 Å². The summed E-state index contributed by atoms with van der Waals surface area (Å²) in [7, 11) is 0. The third kappa shape index (κ3) is 54.5. The number of pyridine rings is 4. The van der Waals surface area contributed by atoms with Gasteiger partial charge in [-0.1, -0.05) is 18.2 Å². The summed E-state index contributed by atoms with van der Waals surface area (Å²) in [5.41, 5.74) is 13.3. The molecule has 13 aromatic rings. The Hall–Kier alpha value is -12.1. The second kappa shape index (κ2) is 56.7. The molecule has 0 aromatic carbocycles. The zero-order chi connectivity index (χ0) is 66.5. The van der Waals surface area contributed by atoms with Crippen LogP contribution in [0.25, 0.3) is 0 Å². The maximum atomic E-state index is 3.98. The molecule has 0 aliphatic carbocycles. The highest BCUT2D eigenvalue weighted by Gasteiger charge is 1.82. The first-order valence-electron chi connectivity index (χ1n) is 27.4. The first kappa shape index (κ1) is 79.9. The summed E-state index contributed by atoms with van der Waals surface area (Å²) in [5.74, 6) is 0. The fraction of sp³-hybridized carbons (Fsp3) is 0.206. The van der Waals surface area contributed by atoms with E-state index in [1.807, 2.05) is 181 Å². The second-order valence-electron chi connectivity index (χ2n) is 17.8. The van der Waals surface area contributed by atoms with Crippen molar-refractivity contribution in [3.63, 3.8) is 0 Å². The summed E-state index contributed by atoms with van der Waals surface area (Å²) < 4.78 is 0. The Morgan fingerprint density at radius 2 is 0.696 bits per heavy atom. The van der Waals surface area contributed by atoms with E-state index in [0.29, 0.717) is 0 Å². The van der Waals surface area contributed by atoms with Crippen molar-refractivity contribution in [2.75, 3.05) is 0 Å². The lowest BCUT2D eigenvalue weighted by atomic mass is 10.3. The largest absolute Gasteiger partial charge is 0.344 e. The van der Waals surface area contributed by atoms with E-state index in [2.05, 4.69) is 142 Å². The van der Waals surface area contributed by atoms with Crippen LogP contribution in [0.2, 0.25) is 0 Å². The zero-order valence-corrected chi connectivity index (χ0v) is 54.1. The highest BCUT2D eigenvalue weighted by molar-refractivity contribution is 5.07. The molecule has 0 bridgehead atoms. The van der Waals surface area contributed by atoms with Gasteiger partial charge in [-0.2, -0.15) is 30.6 Å². The summed E-state index contributed by atoms with van der Waals surface area (Å²) in [6, 6.07) is 28.9. The SMILES string of the molecule is Cc1ccccn1.Cc1ccccn1.Cc1cccnc1.Cc1cccnn1.Cc1ccncc1.Cc1ccncn1.Cc1ccnnc1.Cc1ccnnn1.Cc1cncnc1.Cc1cncnn1.Cc1cnncn1.Cc1cnnnc1.Cc1cnnnn1.N. The van der Waals surface area contributed by atoms with Gasteiger partial charge in [-0.05, 0) is 211 Å². The van der Waals surface area contributed by atoms with Gasteiger partial charge in [-0.15, -0.1) is 40.8 Å². The third-order valence-corrected chi connectivity index (χ3v) is 9.16. The molecule has 13 heterocycles. The maximum Gasteiger partial charge on any atom is 0.138 e. The lowest BCUT2D eigenvalue weighted by Crippen LogP contribution is -1.90. The van der Waals surface area contributed by atoms with E-state index in [4.69, 9.17) is 0 Å². The summed E-state index contributed by atoms with van der Waals surface area (Å²) in [4.78, 5) is 38.4. The molecule has 476 valence electrons. The number of rotatable bonds is 0. The van der Waals surface area contributed by atoms with Gasteiger partial charge in [0.25, 0.3) is 0 Å². The van der Waals surface area contributed by atoms with Crippen molar-refractivity contribution >= 4 is 0 Å². The predicted molar refractivity (Wildman–Crippen MR) is 349 cm³/mol. The van der Waals surface area contributed by atoms with Crippen LogP contribution in [0.15, 0.2) is 228 Å². The molecule has 3 N–H and O–H groups in total. The van der Waals surface area contributed by atoms with Gasteiger partial charge in [0.15, 0.2) is 0 Å². The fourth-order valence-corrected chi connectivity index (χ4v) is 4.69. The number of aryl methyl sites for hydroxylation is 13. The standard InChI is InChI=1S/4C6H7N.4C5H6N2.4C4H5N3.C3H4N4.H3N/c1-6-2-4-7-5-3-6;1-6-3-2-4-7-5-6;2*1-6-4-2-3-5-7-6;1-5-2-6-4-7-3-5;1-5-2-3-6-4-7-5;1-5-2-3-6-7-4-5;1-5-3-2-4-6-7-5;1-4-2-6-7-3-5-4;1-4-2-5-3-6-7-4;1-4-2-5-7-6-3-4;1-4-2-3-5-7-6-4;1-3-2-4-6-7-5-3;/h4*2-5H,1H3;4*2-4H,1H3;4*2-3H,1H3;2H,1H3;1H3. The molecule has 0 radical (unpaired) electrons. The average molecular weight is 1240 g/mol. The Kier molecular flexibility index (Phi) is 49.2. The third-order valence-electron chi connectivity index (χ3n) is 9.16. The van der Waals surface area contributed by atoms with Crippen molar-refractivity contribution < 1.29 is 0 Å². The van der Waals surface area contributed by atoms with Crippen LogP contribution in [-0.4, -0.2) is 142 Å². The molecule has 0 amide bonds. The zero-order valence-electron chi connectivity index (χ0n) is 54.1. The first-order valence-corrected chi connectivity index (χ1v) is 27.4. The molecular formula is C63H79N29. The number of hydrogen-bond donors (Lipinski definition) is 1. The molecule has 0 aliphatic rings. The highest BCUT2D eigenvalue weighted by Crippen LogP contribution is 1.92. The van der Waals surface area contributed by atoms with Crippen molar-refractivity contribution in [3.05, 3.63) is 301 Å². The molecule has 0 unspecified atom stereocenters. The molecule has 13 rings (SSSR count). The molecule has 0 saturated carbocycles. The van der Waals surface area contributed by atoms with Gasteiger partial charge >= 0.3 is 0 Å². The minimum atomic E-state index is 0. The van der Waals surface area contributed by atoms with E-state index in [9.17, 15) is 0 Å². The molecule has 0 saturated heterocycles. The molecule has 0 aliphatic heterocycles. The summed E-state index contributed by atoms with van der Waals surface area (Å²) >= 11 is 0. The molecule has 92 heavy (non-hydrogen) atoms. The van der Waals surface area contributed by atoms with E-state index < -0.39 is 0 Å². The normalized spacial score (nSPS) is 8.62. The van der Waals surface area contributed by atoms with Crippen molar-refractivity contribution in [2.45, 2.75) is 90.0 Å². The van der Waals surface area contributed by atoms with Crippen LogP contribution in [-0.2, 0) is 0 Å². The van der Waals surface area contributed by atoms with Crippen molar-refractivity contribution in [1.82, 2.24) is 148 Å². The van der Waals surface area contributed by atoms with E-state index in [1.165, 1.54) is 36.4 Å². The van der Waals surface area contributed by atoms with E-state index >= 15 is 0 Å². The minimum absolute atomic E-state index is 0. The topological polar surface area (TPSA) is 396 Å². The quantitative estimate of drug-likeness (QED) is 0.148. The Bertz CT molecular complexity index is 2670. The number of aromatic nitrogens is 28. The van der Waals surface area contributed by atoms with E-state index in [1.54, 1.807) is 111 Å². The summed E-state index contributed by atoms with van der Waals surface area (Å²) in [5, 5.41) is 63.2. The van der Waals surface area contributed by atoms with Crippen LogP contribution in [0.4, 0.5) is 0 Å². The Morgan fingerprint density at radius 1 is 0.196 bits per heavy atom. The molecule has 29 nitrogen and oxygen atoms in total. The van der Waals surface area contributed by atoms with Crippen LogP contribution < -0.4 is 6.15 Å². The monoisotopic (exact) mass is 1240 g/mol. The Balaban J connectivity index is 0.000000974. The highest BCUT2D eigenvalue weighted by atomic mass is 15.4. The van der Waals surface area contributed by atoms with Gasteiger partial charge in [-0.25, -0.2) is 29.9 Å². The van der Waals surface area contributed by atoms with Crippen LogP contribution in [0.3, 0.4) is 0 Å². The first-order chi connectivity index (χ1) is 44.1. The average Bonchev–Trinajstić information content (AvgIpc) is 3.57. The Labute approximate surface area is 537 Å². The van der Waals surface area contributed by atoms with Crippen molar-refractivity contribution in [3.8, 4) is 0 Å². The van der Waals surface area contributed by atoms with Crippen molar-refractivity contribution in [2.24, 2.45) is 0 Å². The lowest BCUT2D eigenvalue weighted by molar-refractivity contribution is 0.742. The number of hydrogen-bond acceptors (Lipinski definition) is 29. The molecule has 13 aromatic heterocycles. The molecule has 0 fully saturated rings. The van der Waals surface area contributed by atoms with Gasteiger partial charge < -0.3 is 6.15 Å². The maximum absolute atomic E-state index is 3.98. The smallest absolute Gasteiger partial charge is 0.138 e. The van der Waals surface area contributed by atoms with Gasteiger partial charge in [-0.3, -0.25) is 19.9 Å². The molecule has 0 atom stereocenters. The Morgan fingerprint density at radius 3 is 0.957 bits per heavy atom. The van der Waals surface area contributed by atoms with E-state index in [0.717, 1.165) is 62.2 Å². The van der Waals surface area contributed by atoms with Crippen LogP contribution in [0, 0.1) is 90.0 Å². The second-order valence-corrected chi connectivity index (χ2v) is 17.8. The van der Waals surface area contributed by atoms with Crippen LogP contribution in [0.1, 0.15) is 73.4 Å². The lowest BCUT2D eigenvalue weighted by Gasteiger charge is -1.82. The van der Waals surface area contributed by atoms with Gasteiger partial charge in [0.1, 0.15) is 25.3 Å². The number of nitrogens with zero attached hydrogens (tertiary/aromatic N) is 28. The summed E-state index contributed by atoms with van der Waals surface area (Å²) in [6.45, 7) is 25.1. The summed E-state index contributed by atoms with van der Waals surface area (Å²) in [6.07, 6.45) is 36.7.